The number of hydrogen-bond acceptors (Lipinski definition) is 2. The van der Waals surface area contributed by atoms with Gasteiger partial charge in [0.05, 0.1) is 4.34 Å². The molecule has 0 radical (unpaired) electrons. The van der Waals surface area contributed by atoms with E-state index >= 15 is 0 Å². The second-order valence-electron chi connectivity index (χ2n) is 5.53. The minimum absolute atomic E-state index is 0.560. The summed E-state index contributed by atoms with van der Waals surface area (Å²) in [5.41, 5.74) is 0.560. The minimum atomic E-state index is 0.560. The van der Waals surface area contributed by atoms with E-state index in [1.54, 1.807) is 11.3 Å². The molecule has 1 aromatic heterocycles. The zero-order chi connectivity index (χ0) is 11.6. The molecule has 1 aliphatic carbocycles. The lowest BCUT2D eigenvalue weighted by Crippen LogP contribution is -2.34. The van der Waals surface area contributed by atoms with Crippen LogP contribution in [0.1, 0.15) is 44.4 Å². The molecule has 1 nitrogen and oxygen atoms in total. The van der Waals surface area contributed by atoms with Crippen molar-refractivity contribution in [2.45, 2.75) is 52.1 Å². The molecule has 2 rings (SSSR count). The Kier molecular flexibility index (Phi) is 3.93. The third-order valence-corrected chi connectivity index (χ3v) is 4.76. The van der Waals surface area contributed by atoms with Crippen LogP contribution < -0.4 is 5.32 Å². The molecule has 1 aliphatic rings. The summed E-state index contributed by atoms with van der Waals surface area (Å²) in [5.74, 6) is 0. The zero-order valence-corrected chi connectivity index (χ0v) is 11.6. The largest absolute Gasteiger partial charge is 0.309 e. The maximum Gasteiger partial charge on any atom is 0.0931 e. The predicted octanol–water partition coefficient (Wildman–Crippen LogP) is 4.46. The van der Waals surface area contributed by atoms with Crippen molar-refractivity contribution in [2.75, 3.05) is 0 Å². The molecule has 1 saturated carbocycles. The van der Waals surface area contributed by atoms with E-state index in [-0.39, 0.29) is 0 Å². The normalized spacial score (nSPS) is 21.2. The number of nitrogens with one attached hydrogen (secondary N) is 1. The third-order valence-electron chi connectivity index (χ3n) is 3.53. The number of hydrogen-bond donors (Lipinski definition) is 1. The predicted molar refractivity (Wildman–Crippen MR) is 72.2 cm³/mol. The highest BCUT2D eigenvalue weighted by Crippen LogP contribution is 2.35. The Morgan fingerprint density at radius 1 is 1.38 bits per heavy atom. The minimum Gasteiger partial charge on any atom is -0.309 e. The molecule has 0 amide bonds. The molecule has 3 heteroatoms. The van der Waals surface area contributed by atoms with Gasteiger partial charge in [-0.25, -0.2) is 0 Å². The molecule has 0 aromatic carbocycles. The van der Waals surface area contributed by atoms with Crippen LogP contribution in [0.15, 0.2) is 12.1 Å². The highest BCUT2D eigenvalue weighted by Gasteiger charge is 2.26. The number of thiophene rings is 1. The second kappa shape index (κ2) is 5.07. The Hall–Kier alpha value is -0.0500. The van der Waals surface area contributed by atoms with Gasteiger partial charge in [-0.05, 0) is 43.2 Å². The Bertz CT molecular complexity index is 335. The van der Waals surface area contributed by atoms with Gasteiger partial charge in [-0.2, -0.15) is 0 Å². The molecular formula is C13H20ClNS. The quantitative estimate of drug-likeness (QED) is 0.843. The molecule has 1 N–H and O–H groups in total. The van der Waals surface area contributed by atoms with Crippen LogP contribution in [-0.2, 0) is 6.54 Å². The summed E-state index contributed by atoms with van der Waals surface area (Å²) in [4.78, 5) is 1.34. The lowest BCUT2D eigenvalue weighted by Gasteiger charge is -2.34. The summed E-state index contributed by atoms with van der Waals surface area (Å²) < 4.78 is 0.890. The smallest absolute Gasteiger partial charge is 0.0931 e. The van der Waals surface area contributed by atoms with Gasteiger partial charge in [0.25, 0.3) is 0 Å². The first-order valence-corrected chi connectivity index (χ1v) is 7.22. The lowest BCUT2D eigenvalue weighted by atomic mass is 9.75. The van der Waals surface area contributed by atoms with Gasteiger partial charge in [0, 0.05) is 17.5 Å². The van der Waals surface area contributed by atoms with Crippen LogP contribution in [0, 0.1) is 5.41 Å². The third kappa shape index (κ3) is 3.47. The van der Waals surface area contributed by atoms with Crippen LogP contribution in [-0.4, -0.2) is 6.04 Å². The summed E-state index contributed by atoms with van der Waals surface area (Å²) in [6, 6.07) is 4.80. The van der Waals surface area contributed by atoms with Crippen molar-refractivity contribution >= 4 is 22.9 Å². The van der Waals surface area contributed by atoms with Crippen LogP contribution in [0.25, 0.3) is 0 Å². The highest BCUT2D eigenvalue weighted by molar-refractivity contribution is 7.16. The Balaban J connectivity index is 1.75. The van der Waals surface area contributed by atoms with Crippen LogP contribution in [0.4, 0.5) is 0 Å². The van der Waals surface area contributed by atoms with Crippen molar-refractivity contribution in [3.63, 3.8) is 0 Å². The lowest BCUT2D eigenvalue weighted by molar-refractivity contribution is 0.206. The SMILES string of the molecule is CC1(C)CCC(NCc2ccc(Cl)s2)CC1. The van der Waals surface area contributed by atoms with Crippen LogP contribution in [0.2, 0.25) is 4.34 Å². The van der Waals surface area contributed by atoms with Crippen molar-refractivity contribution in [2.24, 2.45) is 5.41 Å². The summed E-state index contributed by atoms with van der Waals surface area (Å²) >= 11 is 7.59. The molecule has 1 heterocycles. The number of rotatable bonds is 3. The van der Waals surface area contributed by atoms with Crippen LogP contribution in [0.5, 0.6) is 0 Å². The fraction of sp³-hybridized carbons (Fsp3) is 0.692. The van der Waals surface area contributed by atoms with Crippen LogP contribution >= 0.6 is 22.9 Å². The van der Waals surface area contributed by atoms with E-state index < -0.39 is 0 Å². The molecule has 16 heavy (non-hydrogen) atoms. The van der Waals surface area contributed by atoms with Gasteiger partial charge in [-0.1, -0.05) is 25.4 Å². The molecule has 0 saturated heterocycles. The topological polar surface area (TPSA) is 12.0 Å². The van der Waals surface area contributed by atoms with Gasteiger partial charge in [0.15, 0.2) is 0 Å². The van der Waals surface area contributed by atoms with Gasteiger partial charge in [-0.3, -0.25) is 0 Å². The first kappa shape index (κ1) is 12.4. The van der Waals surface area contributed by atoms with E-state index in [0.717, 1.165) is 10.9 Å². The molecular weight excluding hydrogens is 238 g/mol. The first-order chi connectivity index (χ1) is 7.55. The van der Waals surface area contributed by atoms with Crippen molar-refractivity contribution < 1.29 is 0 Å². The molecule has 0 bridgehead atoms. The Morgan fingerprint density at radius 2 is 2.06 bits per heavy atom. The van der Waals surface area contributed by atoms with Crippen molar-refractivity contribution in [3.8, 4) is 0 Å². The van der Waals surface area contributed by atoms with Crippen molar-refractivity contribution in [1.29, 1.82) is 0 Å². The molecule has 1 aromatic rings. The van der Waals surface area contributed by atoms with E-state index in [0.29, 0.717) is 11.5 Å². The fourth-order valence-corrected chi connectivity index (χ4v) is 3.33. The fourth-order valence-electron chi connectivity index (χ4n) is 2.30. The monoisotopic (exact) mass is 257 g/mol. The van der Waals surface area contributed by atoms with E-state index in [1.165, 1.54) is 30.6 Å². The second-order valence-corrected chi connectivity index (χ2v) is 7.32. The maximum absolute atomic E-state index is 5.91. The van der Waals surface area contributed by atoms with Gasteiger partial charge < -0.3 is 5.32 Å². The van der Waals surface area contributed by atoms with Crippen molar-refractivity contribution in [3.05, 3.63) is 21.3 Å². The average Bonchev–Trinajstić information content (AvgIpc) is 2.63. The molecule has 0 atom stereocenters. The first-order valence-electron chi connectivity index (χ1n) is 6.03. The summed E-state index contributed by atoms with van der Waals surface area (Å²) in [5, 5.41) is 3.64. The molecule has 0 spiro atoms. The maximum atomic E-state index is 5.91. The van der Waals surface area contributed by atoms with Gasteiger partial charge in [-0.15, -0.1) is 11.3 Å². The molecule has 0 unspecified atom stereocenters. The summed E-state index contributed by atoms with van der Waals surface area (Å²) in [7, 11) is 0. The van der Waals surface area contributed by atoms with Gasteiger partial charge >= 0.3 is 0 Å². The van der Waals surface area contributed by atoms with E-state index in [9.17, 15) is 0 Å². The van der Waals surface area contributed by atoms with E-state index in [2.05, 4.69) is 25.2 Å². The molecule has 1 fully saturated rings. The van der Waals surface area contributed by atoms with E-state index in [1.807, 2.05) is 6.07 Å². The van der Waals surface area contributed by atoms with Gasteiger partial charge in [0.2, 0.25) is 0 Å². The Morgan fingerprint density at radius 3 is 2.62 bits per heavy atom. The highest BCUT2D eigenvalue weighted by atomic mass is 35.5. The Labute approximate surface area is 107 Å². The summed E-state index contributed by atoms with van der Waals surface area (Å²) in [6.07, 6.45) is 5.31. The summed E-state index contributed by atoms with van der Waals surface area (Å²) in [6.45, 7) is 5.73. The van der Waals surface area contributed by atoms with Crippen molar-refractivity contribution in [1.82, 2.24) is 5.32 Å². The van der Waals surface area contributed by atoms with Crippen LogP contribution in [0.3, 0.4) is 0 Å². The van der Waals surface area contributed by atoms with E-state index in [4.69, 9.17) is 11.6 Å². The number of halogens is 1. The molecule has 0 aliphatic heterocycles. The van der Waals surface area contributed by atoms with Gasteiger partial charge in [0.1, 0.15) is 0 Å². The standard InChI is InChI=1S/C13H20ClNS/c1-13(2)7-5-10(6-8-13)15-9-11-3-4-12(14)16-11/h3-4,10,15H,5-9H2,1-2H3. The zero-order valence-electron chi connectivity index (χ0n) is 10.1. The average molecular weight is 258 g/mol. The molecule has 90 valence electrons.